The minimum atomic E-state index is -0.319. The van der Waals surface area contributed by atoms with Crippen LogP contribution in [-0.4, -0.2) is 25.3 Å². The number of nitriles is 1. The third kappa shape index (κ3) is 2.56. The van der Waals surface area contributed by atoms with Crippen molar-refractivity contribution in [3.8, 4) is 6.07 Å². The Labute approximate surface area is 121 Å². The summed E-state index contributed by atoms with van der Waals surface area (Å²) in [5, 5.41) is 10.6. The van der Waals surface area contributed by atoms with Crippen LogP contribution in [0.5, 0.6) is 0 Å². The summed E-state index contributed by atoms with van der Waals surface area (Å²) in [5.41, 5.74) is 1.33. The molecule has 2 aromatic rings. The molecule has 102 valence electrons. The van der Waals surface area contributed by atoms with Crippen LogP contribution in [0.15, 0.2) is 29.8 Å². The summed E-state index contributed by atoms with van der Waals surface area (Å²) in [6, 6.07) is 5.28. The standard InChI is InChI=1S/C15H14FN3S/c1-4-5-10-6-7-12(16)14-13(10)11(8-17)15(20-14)18-9-19(2)3/h4,6-7,9H,1,5H2,2-3H3. The zero-order chi connectivity index (χ0) is 14.7. The van der Waals surface area contributed by atoms with Gasteiger partial charge in [-0.25, -0.2) is 9.38 Å². The van der Waals surface area contributed by atoms with E-state index >= 15 is 0 Å². The summed E-state index contributed by atoms with van der Waals surface area (Å²) in [6.07, 6.45) is 3.95. The third-order valence-corrected chi connectivity index (χ3v) is 3.85. The fourth-order valence-electron chi connectivity index (χ4n) is 1.91. The van der Waals surface area contributed by atoms with Gasteiger partial charge in [-0.15, -0.1) is 17.9 Å². The zero-order valence-corrected chi connectivity index (χ0v) is 12.2. The number of hydrogen-bond donors (Lipinski definition) is 0. The Morgan fingerprint density at radius 1 is 1.50 bits per heavy atom. The van der Waals surface area contributed by atoms with Gasteiger partial charge in [-0.3, -0.25) is 0 Å². The van der Waals surface area contributed by atoms with Gasteiger partial charge in [0.15, 0.2) is 0 Å². The van der Waals surface area contributed by atoms with Gasteiger partial charge in [0.2, 0.25) is 0 Å². The number of allylic oxidation sites excluding steroid dienone is 1. The second-order valence-corrected chi connectivity index (χ2v) is 5.50. The van der Waals surface area contributed by atoms with Gasteiger partial charge in [0.1, 0.15) is 16.9 Å². The Hall–Kier alpha value is -2.19. The quantitative estimate of drug-likeness (QED) is 0.486. The van der Waals surface area contributed by atoms with Crippen LogP contribution in [0, 0.1) is 17.1 Å². The molecule has 3 nitrogen and oxygen atoms in total. The number of benzene rings is 1. The van der Waals surface area contributed by atoms with E-state index in [0.29, 0.717) is 27.1 Å². The zero-order valence-electron chi connectivity index (χ0n) is 11.4. The van der Waals surface area contributed by atoms with Crippen molar-refractivity contribution < 1.29 is 4.39 Å². The van der Waals surface area contributed by atoms with Gasteiger partial charge in [-0.2, -0.15) is 5.26 Å². The normalized spacial score (nSPS) is 10.9. The highest BCUT2D eigenvalue weighted by atomic mass is 32.1. The van der Waals surface area contributed by atoms with Gasteiger partial charge in [-0.05, 0) is 18.1 Å². The van der Waals surface area contributed by atoms with Crippen molar-refractivity contribution in [3.05, 3.63) is 41.7 Å². The first kappa shape index (κ1) is 14.2. The van der Waals surface area contributed by atoms with E-state index in [1.54, 1.807) is 23.4 Å². The van der Waals surface area contributed by atoms with Gasteiger partial charge < -0.3 is 4.90 Å². The molecule has 1 aromatic carbocycles. The van der Waals surface area contributed by atoms with Crippen LogP contribution in [0.2, 0.25) is 0 Å². The largest absolute Gasteiger partial charge is 0.369 e. The molecule has 0 saturated heterocycles. The fourth-order valence-corrected chi connectivity index (χ4v) is 2.96. The Kier molecular flexibility index (Phi) is 4.16. The molecule has 0 unspecified atom stereocenters. The number of rotatable bonds is 4. The maximum absolute atomic E-state index is 13.9. The molecule has 1 heterocycles. The number of fused-ring (bicyclic) bond motifs is 1. The summed E-state index contributed by atoms with van der Waals surface area (Å²) in [5.74, 6) is -0.319. The molecule has 0 bridgehead atoms. The topological polar surface area (TPSA) is 39.4 Å². The van der Waals surface area contributed by atoms with Crippen LogP contribution in [0.1, 0.15) is 11.1 Å². The second kappa shape index (κ2) is 5.85. The highest BCUT2D eigenvalue weighted by molar-refractivity contribution is 7.23. The minimum absolute atomic E-state index is 0.319. The molecule has 5 heteroatoms. The maximum atomic E-state index is 13.9. The first-order chi connectivity index (χ1) is 9.58. The summed E-state index contributed by atoms with van der Waals surface area (Å²) in [4.78, 5) is 6.03. The van der Waals surface area contributed by atoms with Crippen LogP contribution >= 0.6 is 11.3 Å². The van der Waals surface area contributed by atoms with E-state index in [2.05, 4.69) is 17.6 Å². The van der Waals surface area contributed by atoms with Crippen molar-refractivity contribution in [2.45, 2.75) is 6.42 Å². The molecular weight excluding hydrogens is 273 g/mol. The summed E-state index contributed by atoms with van der Waals surface area (Å²) >= 11 is 1.20. The Bertz CT molecular complexity index is 723. The third-order valence-electron chi connectivity index (χ3n) is 2.74. The van der Waals surface area contributed by atoms with E-state index < -0.39 is 0 Å². The SMILES string of the molecule is C=CCc1ccc(F)c2sc(N=CN(C)C)c(C#N)c12. The number of nitrogens with zero attached hydrogens (tertiary/aromatic N) is 3. The number of halogens is 1. The predicted octanol–water partition coefficient (Wildman–Crippen LogP) is 3.86. The van der Waals surface area contributed by atoms with Crippen molar-refractivity contribution in [1.82, 2.24) is 4.90 Å². The summed E-state index contributed by atoms with van der Waals surface area (Å²) in [7, 11) is 3.68. The van der Waals surface area contributed by atoms with Crippen molar-refractivity contribution >= 4 is 32.8 Å². The van der Waals surface area contributed by atoms with Crippen molar-refractivity contribution in [2.24, 2.45) is 4.99 Å². The molecule has 1 aromatic heterocycles. The average Bonchev–Trinajstić information content (AvgIpc) is 2.79. The highest BCUT2D eigenvalue weighted by Gasteiger charge is 2.17. The van der Waals surface area contributed by atoms with E-state index in [0.717, 1.165) is 5.56 Å². The van der Waals surface area contributed by atoms with Crippen LogP contribution in [0.4, 0.5) is 9.39 Å². The van der Waals surface area contributed by atoms with Gasteiger partial charge in [0.05, 0.1) is 16.6 Å². The van der Waals surface area contributed by atoms with Crippen molar-refractivity contribution in [3.63, 3.8) is 0 Å². The molecule has 0 aliphatic rings. The van der Waals surface area contributed by atoms with E-state index in [9.17, 15) is 9.65 Å². The second-order valence-electron chi connectivity index (χ2n) is 4.51. The molecule has 0 amide bonds. The summed E-state index contributed by atoms with van der Waals surface area (Å²) < 4.78 is 14.4. The monoisotopic (exact) mass is 287 g/mol. The number of aliphatic imine (C=N–C) groups is 1. The lowest BCUT2D eigenvalue weighted by Crippen LogP contribution is -2.06. The lowest BCUT2D eigenvalue weighted by molar-refractivity contribution is 0.641. The Balaban J connectivity index is 2.74. The molecule has 0 aliphatic heterocycles. The number of hydrogen-bond acceptors (Lipinski definition) is 3. The smallest absolute Gasteiger partial charge is 0.141 e. The molecule has 0 atom stereocenters. The van der Waals surface area contributed by atoms with Crippen LogP contribution in [0.3, 0.4) is 0 Å². The van der Waals surface area contributed by atoms with Crippen molar-refractivity contribution in [1.29, 1.82) is 5.26 Å². The predicted molar refractivity (Wildman–Crippen MR) is 82.2 cm³/mol. The van der Waals surface area contributed by atoms with E-state index in [1.165, 1.54) is 17.4 Å². The van der Waals surface area contributed by atoms with Crippen molar-refractivity contribution in [2.75, 3.05) is 14.1 Å². The number of thiophene rings is 1. The molecule has 0 aliphatic carbocycles. The highest BCUT2D eigenvalue weighted by Crippen LogP contribution is 2.40. The molecule has 0 spiro atoms. The van der Waals surface area contributed by atoms with E-state index in [1.807, 2.05) is 14.1 Å². The molecular formula is C15H14FN3S. The lowest BCUT2D eigenvalue weighted by Gasteiger charge is -2.02. The van der Waals surface area contributed by atoms with Gasteiger partial charge in [0.25, 0.3) is 0 Å². The first-order valence-electron chi connectivity index (χ1n) is 6.04. The molecule has 0 radical (unpaired) electrons. The molecule has 20 heavy (non-hydrogen) atoms. The van der Waals surface area contributed by atoms with Crippen LogP contribution in [0.25, 0.3) is 10.1 Å². The average molecular weight is 287 g/mol. The van der Waals surface area contributed by atoms with Gasteiger partial charge in [-0.1, -0.05) is 12.1 Å². The molecule has 0 saturated carbocycles. The van der Waals surface area contributed by atoms with E-state index in [-0.39, 0.29) is 5.82 Å². The minimum Gasteiger partial charge on any atom is -0.369 e. The Morgan fingerprint density at radius 2 is 2.25 bits per heavy atom. The van der Waals surface area contributed by atoms with Gasteiger partial charge in [0, 0.05) is 19.5 Å². The fraction of sp³-hybridized carbons (Fsp3) is 0.200. The molecule has 0 N–H and O–H groups in total. The first-order valence-corrected chi connectivity index (χ1v) is 6.85. The molecule has 0 fully saturated rings. The van der Waals surface area contributed by atoms with E-state index in [4.69, 9.17) is 0 Å². The maximum Gasteiger partial charge on any atom is 0.141 e. The van der Waals surface area contributed by atoms with Crippen LogP contribution < -0.4 is 0 Å². The Morgan fingerprint density at radius 3 is 2.85 bits per heavy atom. The van der Waals surface area contributed by atoms with Gasteiger partial charge >= 0.3 is 0 Å². The summed E-state index contributed by atoms with van der Waals surface area (Å²) in [6.45, 7) is 3.70. The lowest BCUT2D eigenvalue weighted by atomic mass is 10.0. The molecule has 2 rings (SSSR count). The van der Waals surface area contributed by atoms with Crippen LogP contribution in [-0.2, 0) is 6.42 Å².